The van der Waals surface area contributed by atoms with Crippen LogP contribution < -0.4 is 0 Å². The number of hydrogen-bond donors (Lipinski definition) is 0. The molecule has 5 nitrogen and oxygen atoms in total. The second-order valence-corrected chi connectivity index (χ2v) is 8.01. The number of imide groups is 1. The standard InChI is InChI=1S/C16H21N3O2S/c1-9-8-17-14(22-9)10(2)18-15(20)13-7-11-5-3-4-6-12(11)19(13)16(18)21/h8,10-13H,3-7H2,1-2H3. The normalized spacial score (nSPS) is 32.4. The Labute approximate surface area is 134 Å². The second kappa shape index (κ2) is 5.05. The molecule has 4 rings (SSSR count). The minimum atomic E-state index is -0.258. The molecule has 1 saturated carbocycles. The molecule has 4 atom stereocenters. The number of rotatable bonds is 2. The van der Waals surface area contributed by atoms with Crippen LogP contribution in [0, 0.1) is 12.8 Å². The van der Waals surface area contributed by atoms with Gasteiger partial charge in [-0.05, 0) is 39.0 Å². The highest BCUT2D eigenvalue weighted by Gasteiger charge is 2.56. The Balaban J connectivity index is 1.61. The van der Waals surface area contributed by atoms with Gasteiger partial charge in [-0.25, -0.2) is 9.78 Å². The highest BCUT2D eigenvalue weighted by Crippen LogP contribution is 2.45. The van der Waals surface area contributed by atoms with Crippen molar-refractivity contribution < 1.29 is 9.59 Å². The highest BCUT2D eigenvalue weighted by atomic mass is 32.1. The molecule has 1 aromatic rings. The van der Waals surface area contributed by atoms with E-state index in [1.54, 1.807) is 17.5 Å². The Morgan fingerprint density at radius 3 is 2.82 bits per heavy atom. The van der Waals surface area contributed by atoms with Crippen molar-refractivity contribution in [1.29, 1.82) is 0 Å². The van der Waals surface area contributed by atoms with E-state index in [2.05, 4.69) is 4.98 Å². The van der Waals surface area contributed by atoms with Crippen molar-refractivity contribution in [3.8, 4) is 0 Å². The SMILES string of the molecule is Cc1cnc(C(C)N2C(=O)C3CC4CCCCC4N3C2=O)s1. The van der Waals surface area contributed by atoms with Crippen LogP contribution in [0.2, 0.25) is 0 Å². The Morgan fingerprint density at radius 1 is 1.32 bits per heavy atom. The van der Waals surface area contributed by atoms with Crippen molar-refractivity contribution in [3.05, 3.63) is 16.1 Å². The molecular formula is C16H21N3O2S. The first-order valence-electron chi connectivity index (χ1n) is 8.15. The number of thiazole rings is 1. The first-order chi connectivity index (χ1) is 10.6. The number of aryl methyl sites for hydroxylation is 1. The van der Waals surface area contributed by atoms with Crippen molar-refractivity contribution in [3.63, 3.8) is 0 Å². The number of amides is 3. The number of nitrogens with zero attached hydrogens (tertiary/aromatic N) is 3. The third-order valence-electron chi connectivity index (χ3n) is 5.42. The fourth-order valence-corrected chi connectivity index (χ4v) is 5.18. The lowest BCUT2D eigenvalue weighted by molar-refractivity contribution is -0.129. The van der Waals surface area contributed by atoms with Gasteiger partial charge in [0, 0.05) is 17.1 Å². The maximum absolute atomic E-state index is 12.9. The number of carbonyl (C=O) groups is 2. The molecule has 0 radical (unpaired) electrons. The maximum atomic E-state index is 12.9. The molecule has 0 spiro atoms. The molecule has 0 N–H and O–H groups in total. The summed E-state index contributed by atoms with van der Waals surface area (Å²) in [5.41, 5.74) is 0. The number of aromatic nitrogens is 1. The summed E-state index contributed by atoms with van der Waals surface area (Å²) in [6, 6.07) is -0.286. The third-order valence-corrected chi connectivity index (χ3v) is 6.50. The molecule has 1 aromatic heterocycles. The van der Waals surface area contributed by atoms with Crippen LogP contribution in [0.25, 0.3) is 0 Å². The van der Waals surface area contributed by atoms with E-state index < -0.39 is 0 Å². The van der Waals surface area contributed by atoms with E-state index in [4.69, 9.17) is 0 Å². The predicted octanol–water partition coefficient (Wildman–Crippen LogP) is 3.11. The smallest absolute Gasteiger partial charge is 0.309 e. The molecule has 3 heterocycles. The van der Waals surface area contributed by atoms with Crippen LogP contribution in [0.3, 0.4) is 0 Å². The fraction of sp³-hybridized carbons (Fsp3) is 0.688. The Bertz CT molecular complexity index is 629. The molecule has 1 aliphatic carbocycles. The molecular weight excluding hydrogens is 298 g/mol. The van der Waals surface area contributed by atoms with E-state index >= 15 is 0 Å². The van der Waals surface area contributed by atoms with Crippen LogP contribution in [0.5, 0.6) is 0 Å². The van der Waals surface area contributed by atoms with Gasteiger partial charge < -0.3 is 4.90 Å². The molecule has 3 fully saturated rings. The Hall–Kier alpha value is -1.43. The van der Waals surface area contributed by atoms with E-state index in [0.29, 0.717) is 5.92 Å². The summed E-state index contributed by atoms with van der Waals surface area (Å²) in [4.78, 5) is 34.5. The minimum absolute atomic E-state index is 0.0141. The highest BCUT2D eigenvalue weighted by molar-refractivity contribution is 7.11. The summed E-state index contributed by atoms with van der Waals surface area (Å²) in [6.07, 6.45) is 7.29. The Morgan fingerprint density at radius 2 is 2.09 bits per heavy atom. The van der Waals surface area contributed by atoms with Gasteiger partial charge in [0.05, 0.1) is 6.04 Å². The first kappa shape index (κ1) is 14.2. The number of hydrogen-bond acceptors (Lipinski definition) is 4. The molecule has 3 amide bonds. The largest absolute Gasteiger partial charge is 0.328 e. The van der Waals surface area contributed by atoms with Gasteiger partial charge >= 0.3 is 6.03 Å². The van der Waals surface area contributed by atoms with Gasteiger partial charge in [-0.1, -0.05) is 12.8 Å². The Kier molecular flexibility index (Phi) is 3.25. The topological polar surface area (TPSA) is 53.5 Å². The molecule has 0 aromatic carbocycles. The van der Waals surface area contributed by atoms with Gasteiger partial charge in [0.25, 0.3) is 5.91 Å². The zero-order valence-electron chi connectivity index (χ0n) is 13.0. The molecule has 22 heavy (non-hydrogen) atoms. The van der Waals surface area contributed by atoms with Crippen LogP contribution in [0.15, 0.2) is 6.20 Å². The molecule has 3 aliphatic rings. The van der Waals surface area contributed by atoms with Gasteiger partial charge in [-0.2, -0.15) is 0 Å². The van der Waals surface area contributed by atoms with Crippen molar-refractivity contribution in [1.82, 2.24) is 14.8 Å². The van der Waals surface area contributed by atoms with Gasteiger partial charge in [-0.3, -0.25) is 9.69 Å². The lowest BCUT2D eigenvalue weighted by Gasteiger charge is -2.31. The van der Waals surface area contributed by atoms with Crippen molar-refractivity contribution in [2.45, 2.75) is 64.1 Å². The van der Waals surface area contributed by atoms with Crippen LogP contribution in [-0.2, 0) is 4.79 Å². The summed E-state index contributed by atoms with van der Waals surface area (Å²) in [5, 5.41) is 0.848. The van der Waals surface area contributed by atoms with Crippen LogP contribution >= 0.6 is 11.3 Å². The van der Waals surface area contributed by atoms with Crippen LogP contribution in [0.4, 0.5) is 4.79 Å². The molecule has 118 valence electrons. The lowest BCUT2D eigenvalue weighted by atomic mass is 9.84. The molecule has 2 aliphatic heterocycles. The van der Waals surface area contributed by atoms with E-state index in [0.717, 1.165) is 22.7 Å². The maximum Gasteiger partial charge on any atom is 0.328 e. The van der Waals surface area contributed by atoms with Crippen molar-refractivity contribution >= 4 is 23.3 Å². The predicted molar refractivity (Wildman–Crippen MR) is 83.5 cm³/mol. The van der Waals surface area contributed by atoms with Gasteiger partial charge in [-0.15, -0.1) is 11.3 Å². The van der Waals surface area contributed by atoms with Crippen molar-refractivity contribution in [2.24, 2.45) is 5.92 Å². The molecule has 0 bridgehead atoms. The summed E-state index contributed by atoms with van der Waals surface area (Å²) in [6.45, 7) is 3.90. The average Bonchev–Trinajstić information content (AvgIpc) is 3.15. The number of fused-ring (bicyclic) bond motifs is 3. The van der Waals surface area contributed by atoms with Crippen LogP contribution in [-0.4, -0.2) is 38.8 Å². The van der Waals surface area contributed by atoms with E-state index in [1.165, 1.54) is 24.2 Å². The second-order valence-electron chi connectivity index (χ2n) is 6.75. The summed E-state index contributed by atoms with van der Waals surface area (Å²) >= 11 is 1.56. The summed E-state index contributed by atoms with van der Waals surface area (Å²) in [7, 11) is 0. The number of carbonyl (C=O) groups excluding carboxylic acids is 2. The van der Waals surface area contributed by atoms with E-state index in [1.807, 2.05) is 18.7 Å². The zero-order valence-corrected chi connectivity index (χ0v) is 13.8. The van der Waals surface area contributed by atoms with E-state index in [-0.39, 0.29) is 30.1 Å². The van der Waals surface area contributed by atoms with E-state index in [9.17, 15) is 9.59 Å². The average molecular weight is 319 g/mol. The molecule has 4 unspecified atom stereocenters. The van der Waals surface area contributed by atoms with Gasteiger partial charge in [0.2, 0.25) is 0 Å². The third kappa shape index (κ3) is 1.93. The summed E-state index contributed by atoms with van der Waals surface area (Å²) < 4.78 is 0. The molecule has 6 heteroatoms. The van der Waals surface area contributed by atoms with Gasteiger partial charge in [0.15, 0.2) is 0 Å². The fourth-order valence-electron chi connectivity index (χ4n) is 4.37. The van der Waals surface area contributed by atoms with Gasteiger partial charge in [0.1, 0.15) is 11.0 Å². The monoisotopic (exact) mass is 319 g/mol. The van der Waals surface area contributed by atoms with Crippen LogP contribution in [0.1, 0.15) is 55.0 Å². The number of urea groups is 1. The zero-order chi connectivity index (χ0) is 15.4. The molecule has 2 saturated heterocycles. The first-order valence-corrected chi connectivity index (χ1v) is 8.97. The van der Waals surface area contributed by atoms with Crippen molar-refractivity contribution in [2.75, 3.05) is 0 Å². The quantitative estimate of drug-likeness (QED) is 0.787. The summed E-state index contributed by atoms with van der Waals surface area (Å²) in [5.74, 6) is 0.519. The lowest BCUT2D eigenvalue weighted by Crippen LogP contribution is -2.41. The minimum Gasteiger partial charge on any atom is -0.309 e.